The third-order valence-corrected chi connectivity index (χ3v) is 21.1. The van der Waals surface area contributed by atoms with Gasteiger partial charge in [0.25, 0.3) is 0 Å². The Kier molecular flexibility index (Phi) is 12.6. The molecule has 0 aromatic rings. The van der Waals surface area contributed by atoms with Gasteiger partial charge in [-0.3, -0.25) is 0 Å². The van der Waals surface area contributed by atoms with Crippen LogP contribution in [0.4, 0.5) is 4.79 Å². The number of ether oxygens (including phenoxy) is 1. The van der Waals surface area contributed by atoms with Gasteiger partial charge in [0.05, 0.1) is 0 Å². The molecule has 0 saturated heterocycles. The molecule has 4 nitrogen and oxygen atoms in total. The summed E-state index contributed by atoms with van der Waals surface area (Å²) >= 11 is -2.68. The second-order valence-corrected chi connectivity index (χ2v) is 22.4. The Bertz CT molecular complexity index is 461. The SMILES string of the molecule is C=[C](CN(C(C)=O)C(=O)OC(C)(C)C)[Sn]([CH2]CCC)([CH2]CCC)[CH2]CCC. The maximum absolute atomic E-state index is 12.6. The average molecular weight is 488 g/mol. The molecule has 0 rings (SSSR count). The molecule has 5 heteroatoms. The van der Waals surface area contributed by atoms with E-state index in [0.29, 0.717) is 6.54 Å². The first kappa shape index (κ1) is 26.5. The molecule has 0 atom stereocenters. The van der Waals surface area contributed by atoms with Gasteiger partial charge in [-0.25, -0.2) is 0 Å². The Morgan fingerprint density at radius 2 is 1.33 bits per heavy atom. The minimum absolute atomic E-state index is 0.257. The van der Waals surface area contributed by atoms with Gasteiger partial charge in [0, 0.05) is 0 Å². The van der Waals surface area contributed by atoms with Crippen molar-refractivity contribution < 1.29 is 14.3 Å². The zero-order valence-corrected chi connectivity index (χ0v) is 21.8. The predicted octanol–water partition coefficient (Wildman–Crippen LogP) is 6.71. The van der Waals surface area contributed by atoms with Crippen LogP contribution in [0.3, 0.4) is 0 Å². The molecular formula is C22H43NO3Sn. The van der Waals surface area contributed by atoms with Gasteiger partial charge < -0.3 is 0 Å². The Morgan fingerprint density at radius 1 is 0.926 bits per heavy atom. The average Bonchev–Trinajstić information content (AvgIpc) is 2.57. The molecule has 27 heavy (non-hydrogen) atoms. The summed E-state index contributed by atoms with van der Waals surface area (Å²) in [4.78, 5) is 26.0. The molecular weight excluding hydrogens is 445 g/mol. The number of unbranched alkanes of at least 4 members (excludes halogenated alkanes) is 3. The van der Waals surface area contributed by atoms with E-state index in [-0.39, 0.29) is 5.91 Å². The number of hydrogen-bond donors (Lipinski definition) is 0. The quantitative estimate of drug-likeness (QED) is 0.287. The number of rotatable bonds is 12. The second kappa shape index (κ2) is 12.8. The summed E-state index contributed by atoms with van der Waals surface area (Å²) in [5.74, 6) is -0.257. The summed E-state index contributed by atoms with van der Waals surface area (Å²) in [6, 6.07) is 0. The summed E-state index contributed by atoms with van der Waals surface area (Å²) in [6.45, 7) is 18.5. The molecule has 0 aliphatic heterocycles. The van der Waals surface area contributed by atoms with Gasteiger partial charge in [-0.1, -0.05) is 0 Å². The van der Waals surface area contributed by atoms with E-state index in [4.69, 9.17) is 4.74 Å². The van der Waals surface area contributed by atoms with Crippen molar-refractivity contribution in [3.05, 3.63) is 10.2 Å². The van der Waals surface area contributed by atoms with E-state index in [2.05, 4.69) is 27.4 Å². The van der Waals surface area contributed by atoms with Gasteiger partial charge in [0.15, 0.2) is 0 Å². The number of carbonyl (C=O) groups excluding carboxylic acids is 2. The molecule has 0 aromatic carbocycles. The Hall–Kier alpha value is -0.521. The Balaban J connectivity index is 5.56. The van der Waals surface area contributed by atoms with E-state index < -0.39 is 30.1 Å². The molecule has 0 spiro atoms. The van der Waals surface area contributed by atoms with Gasteiger partial charge in [-0.2, -0.15) is 0 Å². The molecule has 0 aliphatic rings. The molecule has 0 aliphatic carbocycles. The van der Waals surface area contributed by atoms with Gasteiger partial charge in [-0.05, 0) is 0 Å². The molecule has 0 unspecified atom stereocenters. The standard InChI is InChI=1S/C10H16NO3.3C4H9.Sn/c1-6-7-11(8(2)12)9(13)14-10(3,4)5;3*1-3-4-2;/h1,7H2,2-5H3;3*1,3-4H2,2H3;. The van der Waals surface area contributed by atoms with Crippen molar-refractivity contribution in [2.45, 2.75) is 106 Å². The van der Waals surface area contributed by atoms with E-state index in [1.165, 1.54) is 67.2 Å². The van der Waals surface area contributed by atoms with Crippen molar-refractivity contribution >= 4 is 30.4 Å². The van der Waals surface area contributed by atoms with Crippen molar-refractivity contribution in [2.24, 2.45) is 0 Å². The van der Waals surface area contributed by atoms with Gasteiger partial charge >= 0.3 is 172 Å². The number of nitrogens with zero attached hydrogens (tertiary/aromatic N) is 1. The van der Waals surface area contributed by atoms with Crippen LogP contribution >= 0.6 is 0 Å². The number of carbonyl (C=O) groups is 2. The van der Waals surface area contributed by atoms with E-state index in [1.807, 2.05) is 20.8 Å². The van der Waals surface area contributed by atoms with E-state index in [0.717, 1.165) is 0 Å². The van der Waals surface area contributed by atoms with Crippen molar-refractivity contribution in [2.75, 3.05) is 6.54 Å². The molecule has 0 saturated carbocycles. The van der Waals surface area contributed by atoms with Crippen LogP contribution in [0.2, 0.25) is 13.3 Å². The first-order valence-corrected chi connectivity index (χ1v) is 18.2. The molecule has 158 valence electrons. The molecule has 0 N–H and O–H groups in total. The minimum atomic E-state index is -2.68. The van der Waals surface area contributed by atoms with Crippen molar-refractivity contribution in [3.63, 3.8) is 0 Å². The van der Waals surface area contributed by atoms with Gasteiger partial charge in [0.2, 0.25) is 0 Å². The van der Waals surface area contributed by atoms with E-state index in [9.17, 15) is 9.59 Å². The monoisotopic (exact) mass is 489 g/mol. The van der Waals surface area contributed by atoms with Crippen molar-refractivity contribution in [1.29, 1.82) is 0 Å². The fraction of sp³-hybridized carbons (Fsp3) is 0.818. The zero-order chi connectivity index (χ0) is 21.1. The molecule has 0 bridgehead atoms. The topological polar surface area (TPSA) is 46.6 Å². The number of imide groups is 1. The molecule has 0 fully saturated rings. The number of amides is 2. The van der Waals surface area contributed by atoms with Crippen molar-refractivity contribution in [1.82, 2.24) is 4.90 Å². The fourth-order valence-electron chi connectivity index (χ4n) is 3.43. The summed E-state index contributed by atoms with van der Waals surface area (Å²) in [7, 11) is 0. The van der Waals surface area contributed by atoms with Crippen LogP contribution < -0.4 is 0 Å². The van der Waals surface area contributed by atoms with Crippen LogP contribution in [0.5, 0.6) is 0 Å². The number of hydrogen-bond acceptors (Lipinski definition) is 3. The summed E-state index contributed by atoms with van der Waals surface area (Å²) in [5.41, 5.74) is -0.612. The van der Waals surface area contributed by atoms with Crippen LogP contribution in [0.15, 0.2) is 10.2 Å². The van der Waals surface area contributed by atoms with Crippen LogP contribution in [-0.2, 0) is 9.53 Å². The predicted molar refractivity (Wildman–Crippen MR) is 118 cm³/mol. The fourth-order valence-corrected chi connectivity index (χ4v) is 18.8. The van der Waals surface area contributed by atoms with Gasteiger partial charge in [0.1, 0.15) is 0 Å². The van der Waals surface area contributed by atoms with E-state index in [1.54, 1.807) is 0 Å². The summed E-state index contributed by atoms with van der Waals surface area (Å²) < 4.78 is 10.5. The third-order valence-electron chi connectivity index (χ3n) is 5.12. The Morgan fingerprint density at radius 3 is 1.63 bits per heavy atom. The summed E-state index contributed by atoms with van der Waals surface area (Å²) in [6.07, 6.45) is 6.71. The molecule has 0 heterocycles. The third kappa shape index (κ3) is 10.00. The Labute approximate surface area is 172 Å². The van der Waals surface area contributed by atoms with Crippen LogP contribution in [-0.4, -0.2) is 47.4 Å². The van der Waals surface area contributed by atoms with Gasteiger partial charge in [-0.15, -0.1) is 0 Å². The summed E-state index contributed by atoms with van der Waals surface area (Å²) in [5, 5.41) is 0. The first-order chi connectivity index (χ1) is 12.5. The second-order valence-electron chi connectivity index (χ2n) is 8.78. The molecule has 0 aromatic heterocycles. The zero-order valence-electron chi connectivity index (χ0n) is 19.0. The normalized spacial score (nSPS) is 12.0. The van der Waals surface area contributed by atoms with Crippen molar-refractivity contribution in [3.8, 4) is 0 Å². The van der Waals surface area contributed by atoms with Crippen LogP contribution in [0.25, 0.3) is 0 Å². The maximum atomic E-state index is 12.6. The first-order valence-electron chi connectivity index (χ1n) is 10.7. The van der Waals surface area contributed by atoms with Crippen LogP contribution in [0.1, 0.15) is 87.0 Å². The van der Waals surface area contributed by atoms with E-state index >= 15 is 0 Å². The molecule has 2 amide bonds. The van der Waals surface area contributed by atoms with Crippen LogP contribution in [0, 0.1) is 0 Å². The molecule has 0 radical (unpaired) electrons.